The van der Waals surface area contributed by atoms with Crippen molar-refractivity contribution in [3.63, 3.8) is 0 Å². The van der Waals surface area contributed by atoms with Gasteiger partial charge in [0.25, 0.3) is 0 Å². The number of ether oxygens (including phenoxy) is 1. The molecule has 4 aromatic carbocycles. The Morgan fingerprint density at radius 2 is 1.50 bits per heavy atom. The Balaban J connectivity index is 1.75. The Morgan fingerprint density at radius 1 is 0.833 bits per heavy atom. The lowest BCUT2D eigenvalue weighted by Crippen LogP contribution is -2.09. The summed E-state index contributed by atoms with van der Waals surface area (Å²) in [5, 5.41) is 0.860. The van der Waals surface area contributed by atoms with E-state index in [0.717, 1.165) is 11.6 Å². The lowest BCUT2D eigenvalue weighted by atomic mass is 9.90. The fraction of sp³-hybridized carbons (Fsp3) is 0.0800. The van der Waals surface area contributed by atoms with E-state index < -0.39 is 11.7 Å². The van der Waals surface area contributed by atoms with E-state index in [1.165, 1.54) is 0 Å². The van der Waals surface area contributed by atoms with Gasteiger partial charge in [0, 0.05) is 11.1 Å². The first-order chi connectivity index (χ1) is 14.5. The van der Waals surface area contributed by atoms with Crippen molar-refractivity contribution in [1.82, 2.24) is 0 Å². The molecule has 0 spiro atoms. The summed E-state index contributed by atoms with van der Waals surface area (Å²) in [5.41, 5.74) is 0.367. The molecular weight excluding hydrogens is 389 g/mol. The molecule has 0 aliphatic carbocycles. The van der Waals surface area contributed by atoms with Gasteiger partial charge >= 0.3 is 6.18 Å². The van der Waals surface area contributed by atoms with Gasteiger partial charge in [-0.05, 0) is 40.1 Å². The van der Waals surface area contributed by atoms with E-state index in [-0.39, 0.29) is 11.1 Å². The number of halogens is 3. The van der Waals surface area contributed by atoms with Crippen LogP contribution in [-0.2, 0) is 12.8 Å². The minimum absolute atomic E-state index is 0.0263. The molecule has 0 bridgehead atoms. The van der Waals surface area contributed by atoms with Crippen LogP contribution in [0.1, 0.15) is 21.5 Å². The molecule has 0 aliphatic heterocycles. The molecule has 5 heteroatoms. The highest BCUT2D eigenvalue weighted by Crippen LogP contribution is 2.42. The summed E-state index contributed by atoms with van der Waals surface area (Å²) in [7, 11) is 0. The van der Waals surface area contributed by atoms with Crippen LogP contribution in [0.15, 0.2) is 84.9 Å². The summed E-state index contributed by atoms with van der Waals surface area (Å²) in [6.07, 6.45) is -4.10. The number of aldehydes is 1. The minimum atomic E-state index is -4.60. The number of carbonyl (C=O) groups is 1. The number of hydrogen-bond donors (Lipinski definition) is 0. The molecule has 0 saturated carbocycles. The predicted molar refractivity (Wildman–Crippen MR) is 111 cm³/mol. The SMILES string of the molecule is O=Cc1c(-c2ccc(OCc3ccccc3)cc2)c(C(F)(F)F)cc2ccccc12. The van der Waals surface area contributed by atoms with E-state index in [4.69, 9.17) is 4.74 Å². The number of rotatable bonds is 5. The Labute approximate surface area is 171 Å². The van der Waals surface area contributed by atoms with E-state index in [1.54, 1.807) is 48.5 Å². The molecule has 0 amide bonds. The van der Waals surface area contributed by atoms with Gasteiger partial charge in [-0.25, -0.2) is 0 Å². The van der Waals surface area contributed by atoms with Crippen LogP contribution in [0.2, 0.25) is 0 Å². The summed E-state index contributed by atoms with van der Waals surface area (Å²) < 4.78 is 47.2. The fourth-order valence-electron chi connectivity index (χ4n) is 3.49. The van der Waals surface area contributed by atoms with Crippen molar-refractivity contribution in [2.45, 2.75) is 12.8 Å². The first-order valence-corrected chi connectivity index (χ1v) is 9.32. The van der Waals surface area contributed by atoms with Crippen molar-refractivity contribution < 1.29 is 22.7 Å². The number of benzene rings is 4. The standard InChI is InChI=1S/C25H17F3O2/c26-25(27,28)23-14-19-8-4-5-9-21(19)22(15-29)24(23)18-10-12-20(13-11-18)30-16-17-6-2-1-3-7-17/h1-15H,16H2. The van der Waals surface area contributed by atoms with Gasteiger partial charge in [-0.2, -0.15) is 13.2 Å². The van der Waals surface area contributed by atoms with E-state index >= 15 is 0 Å². The molecule has 0 aromatic heterocycles. The van der Waals surface area contributed by atoms with E-state index in [2.05, 4.69) is 0 Å². The zero-order chi connectivity index (χ0) is 21.1. The summed E-state index contributed by atoms with van der Waals surface area (Å²) in [4.78, 5) is 11.8. The average Bonchev–Trinajstić information content (AvgIpc) is 2.77. The minimum Gasteiger partial charge on any atom is -0.489 e. The van der Waals surface area contributed by atoms with Gasteiger partial charge in [-0.15, -0.1) is 0 Å². The van der Waals surface area contributed by atoms with Crippen LogP contribution in [0.3, 0.4) is 0 Å². The highest BCUT2D eigenvalue weighted by Gasteiger charge is 2.35. The lowest BCUT2D eigenvalue weighted by Gasteiger charge is -2.18. The smallest absolute Gasteiger partial charge is 0.417 e. The second kappa shape index (κ2) is 8.03. The van der Waals surface area contributed by atoms with E-state index in [9.17, 15) is 18.0 Å². The molecule has 0 heterocycles. The van der Waals surface area contributed by atoms with Gasteiger partial charge in [0.2, 0.25) is 0 Å². The molecule has 0 fully saturated rings. The molecule has 30 heavy (non-hydrogen) atoms. The Kier molecular flexibility index (Phi) is 5.27. The van der Waals surface area contributed by atoms with Crippen molar-refractivity contribution in [2.24, 2.45) is 0 Å². The van der Waals surface area contributed by atoms with Crippen LogP contribution in [0.5, 0.6) is 5.75 Å². The molecule has 0 N–H and O–H groups in total. The van der Waals surface area contributed by atoms with Crippen molar-refractivity contribution in [2.75, 3.05) is 0 Å². The molecule has 4 rings (SSSR count). The first-order valence-electron chi connectivity index (χ1n) is 9.32. The normalized spacial score (nSPS) is 11.4. The Morgan fingerprint density at radius 3 is 2.17 bits per heavy atom. The quantitative estimate of drug-likeness (QED) is 0.336. The highest BCUT2D eigenvalue weighted by atomic mass is 19.4. The van der Waals surface area contributed by atoms with Crippen LogP contribution >= 0.6 is 0 Å². The van der Waals surface area contributed by atoms with Crippen LogP contribution < -0.4 is 4.74 Å². The third kappa shape index (κ3) is 3.92. The lowest BCUT2D eigenvalue weighted by molar-refractivity contribution is -0.137. The van der Waals surface area contributed by atoms with Gasteiger partial charge in [0.15, 0.2) is 6.29 Å². The van der Waals surface area contributed by atoms with Gasteiger partial charge in [0.1, 0.15) is 12.4 Å². The summed E-state index contributed by atoms with van der Waals surface area (Å²) in [5.74, 6) is 0.532. The van der Waals surface area contributed by atoms with E-state index in [0.29, 0.717) is 35.0 Å². The van der Waals surface area contributed by atoms with Crippen molar-refractivity contribution in [3.05, 3.63) is 102 Å². The molecule has 0 aliphatic rings. The second-order valence-corrected chi connectivity index (χ2v) is 6.85. The van der Waals surface area contributed by atoms with Crippen molar-refractivity contribution >= 4 is 17.1 Å². The average molecular weight is 406 g/mol. The fourth-order valence-corrected chi connectivity index (χ4v) is 3.49. The zero-order valence-corrected chi connectivity index (χ0v) is 15.8. The maximum Gasteiger partial charge on any atom is 0.417 e. The van der Waals surface area contributed by atoms with Crippen LogP contribution in [0.25, 0.3) is 21.9 Å². The molecule has 0 unspecified atom stereocenters. The number of fused-ring (bicyclic) bond motifs is 1. The van der Waals surface area contributed by atoms with Crippen molar-refractivity contribution in [3.8, 4) is 16.9 Å². The van der Waals surface area contributed by atoms with Crippen LogP contribution in [0.4, 0.5) is 13.2 Å². The van der Waals surface area contributed by atoms with Gasteiger partial charge in [0.05, 0.1) is 5.56 Å². The Hall–Kier alpha value is -3.60. The highest BCUT2D eigenvalue weighted by molar-refractivity contribution is 6.06. The molecule has 0 radical (unpaired) electrons. The van der Waals surface area contributed by atoms with Gasteiger partial charge < -0.3 is 4.74 Å². The van der Waals surface area contributed by atoms with Crippen LogP contribution in [0, 0.1) is 0 Å². The van der Waals surface area contributed by atoms with Crippen molar-refractivity contribution in [1.29, 1.82) is 0 Å². The van der Waals surface area contributed by atoms with Crippen LogP contribution in [-0.4, -0.2) is 6.29 Å². The topological polar surface area (TPSA) is 26.3 Å². The molecule has 0 atom stereocenters. The number of carbonyl (C=O) groups excluding carboxylic acids is 1. The first kappa shape index (κ1) is 19.7. The number of alkyl halides is 3. The summed E-state index contributed by atoms with van der Waals surface area (Å²) >= 11 is 0. The maximum absolute atomic E-state index is 13.8. The number of hydrogen-bond acceptors (Lipinski definition) is 2. The maximum atomic E-state index is 13.8. The molecule has 4 aromatic rings. The van der Waals surface area contributed by atoms with Gasteiger partial charge in [-0.1, -0.05) is 66.7 Å². The second-order valence-electron chi connectivity index (χ2n) is 6.85. The zero-order valence-electron chi connectivity index (χ0n) is 15.8. The predicted octanol–water partition coefficient (Wildman–Crippen LogP) is 6.92. The molecule has 0 saturated heterocycles. The third-order valence-corrected chi connectivity index (χ3v) is 4.90. The molecule has 2 nitrogen and oxygen atoms in total. The molecule has 150 valence electrons. The van der Waals surface area contributed by atoms with Gasteiger partial charge in [-0.3, -0.25) is 4.79 Å². The monoisotopic (exact) mass is 406 g/mol. The Bertz CT molecular complexity index is 1180. The summed E-state index contributed by atoms with van der Waals surface area (Å²) in [6.45, 7) is 0.351. The largest absolute Gasteiger partial charge is 0.489 e. The third-order valence-electron chi connectivity index (χ3n) is 4.90. The molecular formula is C25H17F3O2. The summed E-state index contributed by atoms with van der Waals surface area (Å²) in [6, 6.07) is 23.6. The van der Waals surface area contributed by atoms with E-state index in [1.807, 2.05) is 30.3 Å².